The topological polar surface area (TPSA) is 39.1 Å². The van der Waals surface area contributed by atoms with Gasteiger partial charge < -0.3 is 10.1 Å². The second-order valence-corrected chi connectivity index (χ2v) is 5.44. The molecule has 0 bridgehead atoms. The van der Waals surface area contributed by atoms with Crippen LogP contribution in [0.2, 0.25) is 0 Å². The van der Waals surface area contributed by atoms with Crippen molar-refractivity contribution in [1.29, 1.82) is 0 Å². The highest BCUT2D eigenvalue weighted by molar-refractivity contribution is 5.78. The minimum Gasteiger partial charge on any atom is -0.497 e. The Balaban J connectivity index is 1.83. The Morgan fingerprint density at radius 1 is 1.19 bits per heavy atom. The molecule has 1 aromatic heterocycles. The van der Waals surface area contributed by atoms with Crippen LogP contribution in [0.25, 0.3) is 23.7 Å². The van der Waals surface area contributed by atoms with Crippen LogP contribution in [-0.4, -0.2) is 16.7 Å². The van der Waals surface area contributed by atoms with E-state index in [1.807, 2.05) is 18.3 Å². The maximum absolute atomic E-state index is 5.21. The lowest BCUT2D eigenvalue weighted by Gasteiger charge is -2.13. The van der Waals surface area contributed by atoms with Crippen molar-refractivity contribution in [2.75, 3.05) is 7.11 Å². The first-order chi connectivity index (χ1) is 10.3. The molecule has 2 heterocycles. The molecule has 106 valence electrons. The summed E-state index contributed by atoms with van der Waals surface area (Å²) in [5, 5.41) is 4.62. The Hall–Kier alpha value is -2.49. The van der Waals surface area contributed by atoms with E-state index >= 15 is 0 Å². The first kappa shape index (κ1) is 12.3. The molecule has 1 aliphatic carbocycles. The number of aromatic nitrogens is 2. The summed E-state index contributed by atoms with van der Waals surface area (Å²) in [6.45, 7) is 2.08. The van der Waals surface area contributed by atoms with E-state index in [1.54, 1.807) is 7.11 Å². The average Bonchev–Trinajstić information content (AvgIpc) is 3.29. The first-order valence-electron chi connectivity index (χ1n) is 7.16. The second kappa shape index (κ2) is 4.52. The molecule has 0 atom stereocenters. The smallest absolute Gasteiger partial charge is 0.153 e. The van der Waals surface area contributed by atoms with Gasteiger partial charge in [-0.1, -0.05) is 0 Å². The Bertz CT molecular complexity index is 851. The molecule has 0 spiro atoms. The number of fused-ring (bicyclic) bond motifs is 1. The average molecular weight is 279 g/mol. The van der Waals surface area contributed by atoms with E-state index in [1.165, 1.54) is 23.8 Å². The largest absolute Gasteiger partial charge is 0.497 e. The van der Waals surface area contributed by atoms with Gasteiger partial charge in [-0.05, 0) is 55.2 Å². The number of aryl methyl sites for hydroxylation is 1. The van der Waals surface area contributed by atoms with Crippen molar-refractivity contribution in [2.45, 2.75) is 19.8 Å². The van der Waals surface area contributed by atoms with Crippen molar-refractivity contribution >= 4 is 23.7 Å². The highest BCUT2D eigenvalue weighted by atomic mass is 16.5. The first-order valence-corrected chi connectivity index (χ1v) is 7.16. The van der Waals surface area contributed by atoms with Crippen LogP contribution in [0.1, 0.15) is 24.1 Å². The van der Waals surface area contributed by atoms with Crippen molar-refractivity contribution in [2.24, 2.45) is 0 Å². The molecule has 0 radical (unpaired) electrons. The fourth-order valence-corrected chi connectivity index (χ4v) is 2.76. The van der Waals surface area contributed by atoms with Crippen molar-refractivity contribution in [3.8, 4) is 5.75 Å². The van der Waals surface area contributed by atoms with Crippen LogP contribution >= 0.6 is 0 Å². The zero-order valence-corrected chi connectivity index (χ0v) is 12.2. The summed E-state index contributed by atoms with van der Waals surface area (Å²) in [6, 6.07) is 8.07. The van der Waals surface area contributed by atoms with Crippen LogP contribution in [0.5, 0.6) is 5.75 Å². The van der Waals surface area contributed by atoms with Gasteiger partial charge in [0.25, 0.3) is 0 Å². The number of nitrogens with zero attached hydrogens (tertiary/aromatic N) is 2. The Morgan fingerprint density at radius 3 is 2.62 bits per heavy atom. The van der Waals surface area contributed by atoms with E-state index in [4.69, 9.17) is 4.74 Å². The minimum absolute atomic E-state index is 0.868. The monoisotopic (exact) mass is 279 g/mol. The molecule has 1 aliphatic heterocycles. The molecule has 2 aliphatic rings. The summed E-state index contributed by atoms with van der Waals surface area (Å²) in [5.74, 6) is 0.868. The molecule has 4 rings (SSSR count). The molecule has 4 heteroatoms. The normalized spacial score (nSPS) is 15.7. The number of ether oxygens (including phenoxy) is 1. The molecule has 0 amide bonds. The van der Waals surface area contributed by atoms with E-state index in [9.17, 15) is 0 Å². The lowest BCUT2D eigenvalue weighted by molar-refractivity contribution is 0.415. The highest BCUT2D eigenvalue weighted by Crippen LogP contribution is 2.28. The molecule has 1 saturated carbocycles. The molecular weight excluding hydrogens is 262 g/mol. The number of hydrogen-bond acceptors (Lipinski definition) is 3. The van der Waals surface area contributed by atoms with Gasteiger partial charge in [0, 0.05) is 12.4 Å². The van der Waals surface area contributed by atoms with Gasteiger partial charge in [-0.15, -0.1) is 0 Å². The highest BCUT2D eigenvalue weighted by Gasteiger charge is 2.18. The predicted octanol–water partition coefficient (Wildman–Crippen LogP) is 1.44. The van der Waals surface area contributed by atoms with Gasteiger partial charge in [0.2, 0.25) is 0 Å². The third-order valence-corrected chi connectivity index (χ3v) is 3.96. The zero-order valence-electron chi connectivity index (χ0n) is 12.2. The summed E-state index contributed by atoms with van der Waals surface area (Å²) >= 11 is 0. The van der Waals surface area contributed by atoms with Crippen LogP contribution in [0.3, 0.4) is 0 Å². The number of rotatable bonds is 2. The lowest BCUT2D eigenvalue weighted by atomic mass is 10.1. The number of methoxy groups -OCH3 is 1. The number of hydrogen-bond donors (Lipinski definition) is 1. The van der Waals surface area contributed by atoms with Gasteiger partial charge in [-0.25, -0.2) is 4.98 Å². The maximum Gasteiger partial charge on any atom is 0.153 e. The molecule has 4 nitrogen and oxygen atoms in total. The van der Waals surface area contributed by atoms with E-state index in [0.717, 1.165) is 28.2 Å². The third kappa shape index (κ3) is 2.03. The van der Waals surface area contributed by atoms with Gasteiger partial charge in [0.05, 0.1) is 23.8 Å². The summed E-state index contributed by atoms with van der Waals surface area (Å²) < 4.78 is 7.41. The lowest BCUT2D eigenvalue weighted by Crippen LogP contribution is -2.30. The molecule has 21 heavy (non-hydrogen) atoms. The SMILES string of the molecule is COc1ccc(C2=Cn3c(nc(C)c3=C3CC3)=CN2)cc1. The van der Waals surface area contributed by atoms with Crippen LogP contribution in [0.4, 0.5) is 0 Å². The Labute approximate surface area is 123 Å². The van der Waals surface area contributed by atoms with Crippen molar-refractivity contribution in [1.82, 2.24) is 14.9 Å². The van der Waals surface area contributed by atoms with Crippen LogP contribution in [0, 0.1) is 6.92 Å². The van der Waals surface area contributed by atoms with Crippen LogP contribution < -0.4 is 20.9 Å². The Kier molecular flexibility index (Phi) is 2.64. The molecule has 0 saturated heterocycles. The van der Waals surface area contributed by atoms with Crippen molar-refractivity contribution in [3.63, 3.8) is 0 Å². The van der Waals surface area contributed by atoms with E-state index in [-0.39, 0.29) is 0 Å². The van der Waals surface area contributed by atoms with Gasteiger partial charge >= 0.3 is 0 Å². The summed E-state index contributed by atoms with van der Waals surface area (Å²) in [7, 11) is 1.68. The maximum atomic E-state index is 5.21. The third-order valence-electron chi connectivity index (χ3n) is 3.96. The van der Waals surface area contributed by atoms with Crippen LogP contribution in [0.15, 0.2) is 24.3 Å². The number of nitrogens with one attached hydrogen (secondary N) is 1. The predicted molar refractivity (Wildman–Crippen MR) is 83.6 cm³/mol. The minimum atomic E-state index is 0.868. The number of imidazole rings is 1. The zero-order chi connectivity index (χ0) is 14.4. The standard InChI is InChI=1S/C17H17N3O/c1-11-17(13-3-4-13)20-10-15(18-9-16(20)19-11)12-5-7-14(21-2)8-6-12/h5-10,18H,3-4H2,1-2H3. The molecular formula is C17H17N3O. The van der Waals surface area contributed by atoms with E-state index in [2.05, 4.69) is 40.1 Å². The van der Waals surface area contributed by atoms with E-state index < -0.39 is 0 Å². The summed E-state index contributed by atoms with van der Waals surface area (Å²) in [6.07, 6.45) is 6.51. The second-order valence-electron chi connectivity index (χ2n) is 5.44. The fourth-order valence-electron chi connectivity index (χ4n) is 2.76. The van der Waals surface area contributed by atoms with Crippen molar-refractivity contribution < 1.29 is 4.74 Å². The van der Waals surface area contributed by atoms with Crippen molar-refractivity contribution in [3.05, 3.63) is 46.4 Å². The quantitative estimate of drug-likeness (QED) is 0.904. The fraction of sp³-hybridized carbons (Fsp3) is 0.235. The summed E-state index contributed by atoms with van der Waals surface area (Å²) in [4.78, 5) is 4.63. The van der Waals surface area contributed by atoms with Gasteiger partial charge in [0.1, 0.15) is 5.75 Å². The Morgan fingerprint density at radius 2 is 1.95 bits per heavy atom. The molecule has 0 unspecified atom stereocenters. The van der Waals surface area contributed by atoms with Gasteiger partial charge in [-0.3, -0.25) is 4.57 Å². The molecule has 2 aromatic rings. The summed E-state index contributed by atoms with van der Waals surface area (Å²) in [5.41, 5.74) is 5.80. The van der Waals surface area contributed by atoms with Crippen LogP contribution in [-0.2, 0) is 0 Å². The molecule has 1 fully saturated rings. The van der Waals surface area contributed by atoms with Gasteiger partial charge in [-0.2, -0.15) is 0 Å². The molecule has 1 aromatic carbocycles. The van der Waals surface area contributed by atoms with E-state index in [0.29, 0.717) is 0 Å². The number of benzene rings is 1. The molecule has 1 N–H and O–H groups in total. The van der Waals surface area contributed by atoms with Gasteiger partial charge in [0.15, 0.2) is 5.48 Å².